The van der Waals surface area contributed by atoms with E-state index in [0.29, 0.717) is 19.5 Å². The first-order valence-corrected chi connectivity index (χ1v) is 12.7. The molecule has 0 unspecified atom stereocenters. The third kappa shape index (κ3) is 7.47. The third-order valence-corrected chi connectivity index (χ3v) is 7.09. The summed E-state index contributed by atoms with van der Waals surface area (Å²) in [5.41, 5.74) is 11.7. The Morgan fingerprint density at radius 2 is 1.83 bits per heavy atom. The van der Waals surface area contributed by atoms with Gasteiger partial charge in [-0.2, -0.15) is 0 Å². The average Bonchev–Trinajstić information content (AvgIpc) is 2.80. The number of carbonyl (C=O) groups excluding carboxylic acids is 2. The predicted molar refractivity (Wildman–Crippen MR) is 144 cm³/mol. The van der Waals surface area contributed by atoms with Crippen molar-refractivity contribution >= 4 is 35.1 Å². The summed E-state index contributed by atoms with van der Waals surface area (Å²) < 4.78 is -0.0255. The number of hydrazine groups is 1. The summed E-state index contributed by atoms with van der Waals surface area (Å²) in [4.78, 5) is 27.5. The number of carbonyl (C=O) groups is 2. The number of nitrogens with zero attached hydrogens (tertiary/aromatic N) is 2. The zero-order valence-corrected chi connectivity index (χ0v) is 21.7. The fourth-order valence-corrected chi connectivity index (χ4v) is 5.23. The highest BCUT2D eigenvalue weighted by atomic mass is 32.2. The second-order valence-corrected chi connectivity index (χ2v) is 11.7. The maximum absolute atomic E-state index is 13.1. The highest BCUT2D eigenvalue weighted by molar-refractivity contribution is 8.00. The molecular weight excluding hydrogens is 460 g/mol. The molecule has 0 spiro atoms. The molecule has 0 atom stereocenters. The second-order valence-electron chi connectivity index (χ2n) is 9.80. The summed E-state index contributed by atoms with van der Waals surface area (Å²) in [6.45, 7) is 9.46. The molecule has 0 radical (unpaired) electrons. The predicted octanol–water partition coefficient (Wildman–Crippen LogP) is 3.91. The Labute approximate surface area is 211 Å². The summed E-state index contributed by atoms with van der Waals surface area (Å²) in [6.07, 6.45) is 2.13. The number of amides is 2. The topological polar surface area (TPSA) is 126 Å². The molecule has 1 heterocycles. The van der Waals surface area contributed by atoms with E-state index in [0.717, 1.165) is 40.1 Å². The van der Waals surface area contributed by atoms with Crippen LogP contribution < -0.4 is 22.4 Å². The first-order chi connectivity index (χ1) is 16.6. The molecule has 8 nitrogen and oxygen atoms in total. The maximum atomic E-state index is 13.1. The van der Waals surface area contributed by atoms with Crippen molar-refractivity contribution in [2.75, 3.05) is 18.4 Å². The molecule has 1 saturated heterocycles. The normalized spacial score (nSPS) is 15.1. The van der Waals surface area contributed by atoms with Crippen LogP contribution in [0.3, 0.4) is 0 Å². The first kappa shape index (κ1) is 26.6. The number of nitrogens with two attached hydrogens (primary N) is 2. The molecular formula is C26H36N6O2S. The molecule has 3 rings (SSSR count). The molecule has 0 aliphatic carbocycles. The van der Waals surface area contributed by atoms with Gasteiger partial charge in [-0.3, -0.25) is 9.59 Å². The van der Waals surface area contributed by atoms with E-state index in [1.54, 1.807) is 18.7 Å². The van der Waals surface area contributed by atoms with E-state index in [2.05, 4.69) is 36.7 Å². The van der Waals surface area contributed by atoms with Gasteiger partial charge in [-0.1, -0.05) is 51.1 Å². The number of hydrogen-bond acceptors (Lipinski definition) is 6. The van der Waals surface area contributed by atoms with Crippen LogP contribution in [0, 0.1) is 5.92 Å². The Morgan fingerprint density at radius 3 is 2.46 bits per heavy atom. The summed E-state index contributed by atoms with van der Waals surface area (Å²) in [7, 11) is 0. The first-order valence-electron chi connectivity index (χ1n) is 11.8. The van der Waals surface area contributed by atoms with Gasteiger partial charge in [0.05, 0.1) is 5.69 Å². The fraction of sp³-hybridized carbons (Fsp3) is 0.423. The Bertz CT molecular complexity index is 1090. The largest absolute Gasteiger partial charge is 0.382 e. The van der Waals surface area contributed by atoms with E-state index in [4.69, 9.17) is 11.6 Å². The zero-order valence-electron chi connectivity index (χ0n) is 20.9. The van der Waals surface area contributed by atoms with Crippen LogP contribution in [-0.2, 0) is 9.59 Å². The van der Waals surface area contributed by atoms with Crippen molar-refractivity contribution < 1.29 is 9.59 Å². The number of benzene rings is 2. The van der Waals surface area contributed by atoms with Gasteiger partial charge in [0.15, 0.2) is 5.84 Å². The van der Waals surface area contributed by atoms with Gasteiger partial charge in [-0.25, -0.2) is 11.4 Å². The van der Waals surface area contributed by atoms with Crippen LogP contribution in [0.15, 0.2) is 52.5 Å². The van der Waals surface area contributed by atoms with E-state index in [1.165, 1.54) is 0 Å². The molecule has 0 bridgehead atoms. The van der Waals surface area contributed by atoms with Crippen LogP contribution in [-0.4, -0.2) is 40.4 Å². The lowest BCUT2D eigenvalue weighted by Crippen LogP contribution is -2.37. The molecule has 2 aromatic rings. The number of anilines is 1. The number of piperidine rings is 1. The Balaban J connectivity index is 1.86. The van der Waals surface area contributed by atoms with Crippen molar-refractivity contribution in [3.05, 3.63) is 48.0 Å². The van der Waals surface area contributed by atoms with Crippen molar-refractivity contribution in [1.82, 2.24) is 10.4 Å². The number of thioether (sulfide) groups is 1. The highest BCUT2D eigenvalue weighted by Gasteiger charge is 2.24. The number of amidine groups is 1. The zero-order chi connectivity index (χ0) is 25.6. The number of hydrazone groups is 1. The highest BCUT2D eigenvalue weighted by Crippen LogP contribution is 2.39. The third-order valence-electron chi connectivity index (χ3n) is 5.90. The van der Waals surface area contributed by atoms with Gasteiger partial charge in [0.25, 0.3) is 0 Å². The molecule has 188 valence electrons. The van der Waals surface area contributed by atoms with Crippen molar-refractivity contribution in [2.24, 2.45) is 22.6 Å². The quantitative estimate of drug-likeness (QED) is 0.151. The molecule has 1 aliphatic rings. The number of hydrogen-bond donors (Lipinski definition) is 4. The standard InChI is InChI=1S/C26H36N6O2S/c1-17(33)32-13-11-18(12-14-32)15-24(34)29-22-16-19(9-10-23(22)35-26(2,3)4)20-7-5-6-8-21(20)25(27)30-31-28/h5-10,16,18,31H,11-15,28H2,1-4H3,(H2,27,30)(H,29,34). The van der Waals surface area contributed by atoms with E-state index >= 15 is 0 Å². The van der Waals surface area contributed by atoms with Crippen LogP contribution in [0.1, 0.15) is 52.5 Å². The molecule has 1 aliphatic heterocycles. The van der Waals surface area contributed by atoms with Crippen LogP contribution >= 0.6 is 11.8 Å². The van der Waals surface area contributed by atoms with Gasteiger partial charge >= 0.3 is 0 Å². The summed E-state index contributed by atoms with van der Waals surface area (Å²) in [5, 5.41) is 7.09. The average molecular weight is 497 g/mol. The van der Waals surface area contributed by atoms with Gasteiger partial charge in [-0.05, 0) is 42.0 Å². The minimum atomic E-state index is -0.0255. The minimum absolute atomic E-state index is 0.0131. The Hall–Kier alpha value is -3.04. The molecule has 0 aromatic heterocycles. The van der Waals surface area contributed by atoms with Gasteiger partial charge in [0, 0.05) is 41.6 Å². The van der Waals surface area contributed by atoms with E-state index in [-0.39, 0.29) is 28.3 Å². The van der Waals surface area contributed by atoms with Crippen LogP contribution in [0.25, 0.3) is 11.1 Å². The lowest BCUT2D eigenvalue weighted by molar-refractivity contribution is -0.130. The van der Waals surface area contributed by atoms with Crippen LogP contribution in [0.2, 0.25) is 0 Å². The van der Waals surface area contributed by atoms with Crippen LogP contribution in [0.5, 0.6) is 0 Å². The lowest BCUT2D eigenvalue weighted by Gasteiger charge is -2.31. The van der Waals surface area contributed by atoms with Crippen LogP contribution in [0.4, 0.5) is 5.69 Å². The van der Waals surface area contributed by atoms with Gasteiger partial charge in [-0.15, -0.1) is 16.9 Å². The molecule has 1 fully saturated rings. The van der Waals surface area contributed by atoms with E-state index in [1.807, 2.05) is 47.4 Å². The summed E-state index contributed by atoms with van der Waals surface area (Å²) in [6, 6.07) is 13.7. The monoisotopic (exact) mass is 496 g/mol. The molecule has 6 N–H and O–H groups in total. The Kier molecular flexibility index (Phi) is 8.80. The number of likely N-dealkylation sites (tertiary alicyclic amines) is 1. The number of rotatable bonds is 7. The van der Waals surface area contributed by atoms with Crippen molar-refractivity contribution in [2.45, 2.75) is 56.6 Å². The fourth-order valence-electron chi connectivity index (χ4n) is 4.22. The molecule has 2 aromatic carbocycles. The summed E-state index contributed by atoms with van der Waals surface area (Å²) >= 11 is 1.71. The molecule has 0 saturated carbocycles. The van der Waals surface area contributed by atoms with E-state index < -0.39 is 0 Å². The van der Waals surface area contributed by atoms with Crippen molar-refractivity contribution in [1.29, 1.82) is 0 Å². The summed E-state index contributed by atoms with van der Waals surface area (Å²) in [5.74, 6) is 5.96. The molecule has 35 heavy (non-hydrogen) atoms. The maximum Gasteiger partial charge on any atom is 0.224 e. The van der Waals surface area contributed by atoms with Gasteiger partial charge in [0.2, 0.25) is 11.8 Å². The second kappa shape index (κ2) is 11.6. The molecule has 9 heteroatoms. The molecule has 2 amide bonds. The Morgan fingerprint density at radius 1 is 1.14 bits per heavy atom. The van der Waals surface area contributed by atoms with Gasteiger partial charge in [0.1, 0.15) is 0 Å². The lowest BCUT2D eigenvalue weighted by atomic mass is 9.93. The minimum Gasteiger partial charge on any atom is -0.382 e. The van der Waals surface area contributed by atoms with Crippen molar-refractivity contribution in [3.63, 3.8) is 0 Å². The smallest absolute Gasteiger partial charge is 0.224 e. The van der Waals surface area contributed by atoms with Gasteiger partial charge < -0.3 is 16.0 Å². The van der Waals surface area contributed by atoms with Crippen molar-refractivity contribution in [3.8, 4) is 11.1 Å². The number of nitrogens with one attached hydrogen (secondary N) is 2. The SMILES string of the molecule is CC(=O)N1CCC(CC(=O)Nc2cc(-c3ccccc3/C(N)=N/NN)ccc2SC(C)(C)C)CC1. The van der Waals surface area contributed by atoms with E-state index in [9.17, 15) is 9.59 Å².